The summed E-state index contributed by atoms with van der Waals surface area (Å²) in [5, 5.41) is 11.8. The third-order valence-electron chi connectivity index (χ3n) is 5.18. The van der Waals surface area contributed by atoms with Crippen molar-refractivity contribution in [3.63, 3.8) is 0 Å². The maximum absolute atomic E-state index is 13.1. The molecule has 1 fully saturated rings. The van der Waals surface area contributed by atoms with E-state index >= 15 is 0 Å². The van der Waals surface area contributed by atoms with Crippen LogP contribution in [0.1, 0.15) is 52.0 Å². The quantitative estimate of drug-likeness (QED) is 0.344. The van der Waals surface area contributed by atoms with Crippen molar-refractivity contribution >= 4 is 47.9 Å². The average molecular weight is 464 g/mol. The highest BCUT2D eigenvalue weighted by Gasteiger charge is 2.24. The van der Waals surface area contributed by atoms with Gasteiger partial charge in [0.2, 0.25) is 0 Å². The summed E-state index contributed by atoms with van der Waals surface area (Å²) in [7, 11) is 0. The molecule has 1 aromatic rings. The van der Waals surface area contributed by atoms with Crippen molar-refractivity contribution < 1.29 is 14.7 Å². The molecule has 2 N–H and O–H groups in total. The van der Waals surface area contributed by atoms with Crippen LogP contribution in [0.5, 0.6) is 0 Å². The second kappa shape index (κ2) is 12.2. The van der Waals surface area contributed by atoms with E-state index in [1.54, 1.807) is 0 Å². The van der Waals surface area contributed by atoms with E-state index in [9.17, 15) is 9.59 Å². The van der Waals surface area contributed by atoms with E-state index in [4.69, 9.17) is 5.11 Å². The molecule has 0 unspecified atom stereocenters. The lowest BCUT2D eigenvalue weighted by atomic mass is 9.87. The topological polar surface area (TPSA) is 82.0 Å². The van der Waals surface area contributed by atoms with Gasteiger partial charge in [0.15, 0.2) is 0 Å². The minimum atomic E-state index is -0.897. The molecule has 0 saturated heterocycles. The summed E-state index contributed by atoms with van der Waals surface area (Å²) in [6.45, 7) is 10.7. The van der Waals surface area contributed by atoms with Gasteiger partial charge in [-0.05, 0) is 48.6 Å². The van der Waals surface area contributed by atoms with Crippen LogP contribution in [0.4, 0.5) is 10.5 Å². The summed E-state index contributed by atoms with van der Waals surface area (Å²) in [5.74, 6) is -0.108. The van der Waals surface area contributed by atoms with Crippen molar-refractivity contribution in [3.8, 4) is 0 Å². The van der Waals surface area contributed by atoms with E-state index in [2.05, 4.69) is 49.9 Å². The van der Waals surface area contributed by atoms with Crippen molar-refractivity contribution in [1.29, 1.82) is 0 Å². The number of hydrogen-bond acceptors (Lipinski definition) is 5. The Morgan fingerprint density at radius 2 is 1.87 bits per heavy atom. The number of amides is 2. The van der Waals surface area contributed by atoms with Crippen molar-refractivity contribution in [1.82, 2.24) is 5.32 Å². The first kappa shape index (κ1) is 25.3. The molecule has 1 saturated carbocycles. The van der Waals surface area contributed by atoms with Crippen LogP contribution in [-0.2, 0) is 10.2 Å². The molecule has 31 heavy (non-hydrogen) atoms. The number of carbonyl (C=O) groups excluding carboxylic acids is 1. The van der Waals surface area contributed by atoms with E-state index in [0.717, 1.165) is 18.5 Å². The second-order valence-electron chi connectivity index (χ2n) is 8.64. The van der Waals surface area contributed by atoms with Crippen LogP contribution in [0.3, 0.4) is 0 Å². The molecule has 8 heteroatoms. The van der Waals surface area contributed by atoms with Gasteiger partial charge in [0.1, 0.15) is 0 Å². The second-order valence-corrected chi connectivity index (χ2v) is 10.9. The Hall–Kier alpha value is -1.93. The van der Waals surface area contributed by atoms with E-state index in [-0.39, 0.29) is 17.2 Å². The molecule has 0 aliphatic heterocycles. The number of carbonyl (C=O) groups is 2. The molecule has 0 spiro atoms. The fourth-order valence-electron chi connectivity index (χ4n) is 3.49. The minimum Gasteiger partial charge on any atom is -0.481 e. The van der Waals surface area contributed by atoms with Crippen LogP contribution in [0.15, 0.2) is 39.7 Å². The maximum atomic E-state index is 13.1. The van der Waals surface area contributed by atoms with E-state index in [1.165, 1.54) is 48.1 Å². The van der Waals surface area contributed by atoms with Gasteiger partial charge in [-0.1, -0.05) is 57.5 Å². The van der Waals surface area contributed by atoms with Gasteiger partial charge < -0.3 is 10.4 Å². The number of hydrogen-bond donors (Lipinski definition) is 2. The third-order valence-corrected chi connectivity index (χ3v) is 7.35. The molecule has 0 heterocycles. The number of aliphatic imine (C=N–C) groups is 1. The van der Waals surface area contributed by atoms with Crippen molar-refractivity contribution in [2.24, 2.45) is 10.9 Å². The first-order valence-electron chi connectivity index (χ1n) is 10.5. The number of anilines is 1. The predicted molar refractivity (Wildman–Crippen MR) is 133 cm³/mol. The van der Waals surface area contributed by atoms with Crippen LogP contribution < -0.4 is 10.2 Å². The molecule has 6 nitrogen and oxygen atoms in total. The Bertz CT molecular complexity index is 782. The third kappa shape index (κ3) is 8.61. The number of rotatable bonds is 10. The maximum Gasteiger partial charge on any atom is 0.322 e. The number of thioether (sulfide) groups is 2. The zero-order valence-corrected chi connectivity index (χ0v) is 20.2. The van der Waals surface area contributed by atoms with Gasteiger partial charge in [-0.25, -0.2) is 4.79 Å². The van der Waals surface area contributed by atoms with Crippen molar-refractivity contribution in [2.45, 2.75) is 51.9 Å². The lowest BCUT2D eigenvalue weighted by molar-refractivity contribution is -0.133. The molecule has 0 aromatic heterocycles. The van der Waals surface area contributed by atoms with E-state index in [1.807, 2.05) is 17.0 Å². The fourth-order valence-corrected chi connectivity index (χ4v) is 5.07. The summed E-state index contributed by atoms with van der Waals surface area (Å²) in [5.41, 5.74) is 2.19. The van der Waals surface area contributed by atoms with Gasteiger partial charge in [0.25, 0.3) is 0 Å². The number of nitrogens with one attached hydrogen (secondary N) is 1. The predicted octanol–water partition coefficient (Wildman–Crippen LogP) is 5.70. The molecule has 0 bridgehead atoms. The fraction of sp³-hybridized carbons (Fsp3) is 0.522. The lowest BCUT2D eigenvalue weighted by Gasteiger charge is -2.27. The average Bonchev–Trinajstić information content (AvgIpc) is 3.23. The van der Waals surface area contributed by atoms with Crippen LogP contribution in [0, 0.1) is 5.92 Å². The monoisotopic (exact) mass is 463 g/mol. The first-order chi connectivity index (χ1) is 14.7. The van der Waals surface area contributed by atoms with Gasteiger partial charge in [-0.3, -0.25) is 14.7 Å². The largest absolute Gasteiger partial charge is 0.481 e. The van der Waals surface area contributed by atoms with Crippen LogP contribution >= 0.6 is 23.5 Å². The zero-order chi connectivity index (χ0) is 22.9. The number of aliphatic carboxylic acids is 1. The molecule has 1 aliphatic carbocycles. The van der Waals surface area contributed by atoms with E-state index in [0.29, 0.717) is 22.6 Å². The number of carboxylic acid groups (broad SMARTS) is 1. The molecule has 2 rings (SSSR count). The Kier molecular flexibility index (Phi) is 9.96. The Morgan fingerprint density at radius 3 is 2.42 bits per heavy atom. The summed E-state index contributed by atoms with van der Waals surface area (Å²) in [4.78, 5) is 29.4. The SMILES string of the molecule is C=N/C=C(\SCNC(=O)N(CC1CCCC1)c1ccc(C(C)(C)C)cc1)SCC(=O)O. The molecule has 0 radical (unpaired) electrons. The van der Waals surface area contributed by atoms with E-state index < -0.39 is 5.97 Å². The lowest BCUT2D eigenvalue weighted by Crippen LogP contribution is -2.42. The molecular formula is C23H33N3O3S2. The summed E-state index contributed by atoms with van der Waals surface area (Å²) < 4.78 is 0.703. The normalized spacial score (nSPS) is 15.0. The number of urea groups is 1. The van der Waals surface area contributed by atoms with Gasteiger partial charge >= 0.3 is 12.0 Å². The molecule has 2 amide bonds. The molecule has 0 atom stereocenters. The Labute approximate surface area is 194 Å². The number of nitrogens with zero attached hydrogens (tertiary/aromatic N) is 2. The van der Waals surface area contributed by atoms with Crippen molar-refractivity contribution in [3.05, 3.63) is 40.3 Å². The van der Waals surface area contributed by atoms with Crippen LogP contribution in [0.25, 0.3) is 0 Å². The van der Waals surface area contributed by atoms with Crippen LogP contribution in [0.2, 0.25) is 0 Å². The summed E-state index contributed by atoms with van der Waals surface area (Å²) >= 11 is 2.51. The van der Waals surface area contributed by atoms with Crippen molar-refractivity contribution in [2.75, 3.05) is 23.1 Å². The minimum absolute atomic E-state index is 0.0588. The highest BCUT2D eigenvalue weighted by molar-refractivity contribution is 8.22. The Morgan fingerprint density at radius 1 is 1.23 bits per heavy atom. The summed E-state index contributed by atoms with van der Waals surface area (Å²) in [6, 6.07) is 8.10. The highest BCUT2D eigenvalue weighted by Crippen LogP contribution is 2.30. The zero-order valence-electron chi connectivity index (χ0n) is 18.6. The van der Waals surface area contributed by atoms with Gasteiger partial charge in [0.05, 0.1) is 15.9 Å². The molecule has 1 aromatic carbocycles. The number of benzene rings is 1. The van der Waals surface area contributed by atoms with Gasteiger partial charge in [-0.2, -0.15) is 0 Å². The Balaban J connectivity index is 2.05. The smallest absolute Gasteiger partial charge is 0.322 e. The van der Waals surface area contributed by atoms with Crippen LogP contribution in [-0.4, -0.2) is 42.0 Å². The first-order valence-corrected chi connectivity index (χ1v) is 12.5. The van der Waals surface area contributed by atoms with Gasteiger partial charge in [-0.15, -0.1) is 11.8 Å². The molecule has 1 aliphatic rings. The standard InChI is InChI=1S/C23H33N3O3S2/c1-23(2,3)18-9-11-19(12-10-18)26(14-17-7-5-6-8-17)22(29)25-16-31-21(13-24-4)30-15-20(27)28/h9-13,17H,4-8,14-16H2,1-3H3,(H,25,29)(H,27,28)/b21-13-. The molecular weight excluding hydrogens is 430 g/mol. The number of carboxylic acids is 1. The highest BCUT2D eigenvalue weighted by atomic mass is 32.2. The molecule has 170 valence electrons. The summed E-state index contributed by atoms with van der Waals surface area (Å²) in [6.07, 6.45) is 6.28. The van der Waals surface area contributed by atoms with Gasteiger partial charge in [0, 0.05) is 18.4 Å².